The van der Waals surface area contributed by atoms with Crippen molar-refractivity contribution in [2.24, 2.45) is 0 Å². The van der Waals surface area contributed by atoms with Crippen molar-refractivity contribution in [2.45, 2.75) is 50.6 Å². The third kappa shape index (κ3) is 7.43. The lowest BCUT2D eigenvalue weighted by molar-refractivity contribution is -0.125. The predicted molar refractivity (Wildman–Crippen MR) is 162 cm³/mol. The summed E-state index contributed by atoms with van der Waals surface area (Å²) in [6.45, 7) is -3.27. The quantitative estimate of drug-likeness (QED) is 0.308. The Morgan fingerprint density at radius 2 is 1.98 bits per heavy atom. The molecule has 1 saturated carbocycles. The van der Waals surface area contributed by atoms with Crippen LogP contribution in [0.2, 0.25) is 0 Å². The summed E-state index contributed by atoms with van der Waals surface area (Å²) in [6.07, 6.45) is 1.29. The van der Waals surface area contributed by atoms with Gasteiger partial charge in [-0.05, 0) is 42.7 Å². The summed E-state index contributed by atoms with van der Waals surface area (Å²) >= 11 is 1.09. The van der Waals surface area contributed by atoms with E-state index in [9.17, 15) is 40.1 Å². The number of ether oxygens (including phenoxy) is 1. The molecule has 250 valence electrons. The molecule has 18 heteroatoms. The summed E-state index contributed by atoms with van der Waals surface area (Å²) < 4.78 is 98.7. The van der Waals surface area contributed by atoms with Gasteiger partial charge in [0.05, 0.1) is 5.57 Å². The fraction of sp³-hybridized carbons (Fsp3) is 0.379. The largest absolute Gasteiger partial charge is 0.432 e. The van der Waals surface area contributed by atoms with Crippen LogP contribution in [0.1, 0.15) is 36.6 Å². The fourth-order valence-electron chi connectivity index (χ4n) is 5.11. The molecule has 1 saturated heterocycles. The van der Waals surface area contributed by atoms with Crippen molar-refractivity contribution in [3.8, 4) is 5.75 Å². The van der Waals surface area contributed by atoms with Crippen molar-refractivity contribution >= 4 is 43.7 Å². The van der Waals surface area contributed by atoms with Gasteiger partial charge in [-0.25, -0.2) is 17.9 Å². The lowest BCUT2D eigenvalue weighted by atomic mass is 10.1. The highest BCUT2D eigenvalue weighted by atomic mass is 32.2. The highest BCUT2D eigenvalue weighted by molar-refractivity contribution is 7.86. The van der Waals surface area contributed by atoms with Crippen LogP contribution in [0, 0.1) is 5.82 Å². The number of aromatic amines is 1. The van der Waals surface area contributed by atoms with Crippen molar-refractivity contribution in [1.82, 2.24) is 24.6 Å². The van der Waals surface area contributed by atoms with Gasteiger partial charge in [0.15, 0.2) is 22.3 Å². The van der Waals surface area contributed by atoms with E-state index in [0.717, 1.165) is 54.5 Å². The van der Waals surface area contributed by atoms with E-state index in [4.69, 9.17) is 0 Å². The summed E-state index contributed by atoms with van der Waals surface area (Å²) in [5, 5.41) is 3.04. The van der Waals surface area contributed by atoms with Crippen LogP contribution in [-0.4, -0.2) is 67.8 Å². The van der Waals surface area contributed by atoms with Crippen LogP contribution < -0.4 is 20.5 Å². The maximum Gasteiger partial charge on any atom is 0.416 e. The number of halogens is 6. The summed E-state index contributed by atoms with van der Waals surface area (Å²) in [4.78, 5) is 40.1. The van der Waals surface area contributed by atoms with Gasteiger partial charge in [-0.3, -0.25) is 9.59 Å². The van der Waals surface area contributed by atoms with Crippen molar-refractivity contribution in [3.05, 3.63) is 80.5 Å². The number of carbonyl (C=O) groups is 1. The molecule has 6 rings (SSSR count). The van der Waals surface area contributed by atoms with Gasteiger partial charge >= 0.3 is 12.8 Å². The molecule has 1 aliphatic heterocycles. The Kier molecular flexibility index (Phi) is 9.26. The van der Waals surface area contributed by atoms with Crippen molar-refractivity contribution < 1.29 is 40.1 Å². The van der Waals surface area contributed by atoms with E-state index < -0.39 is 52.9 Å². The lowest BCUT2D eigenvalue weighted by Gasteiger charge is -2.39. The van der Waals surface area contributed by atoms with Gasteiger partial charge in [-0.2, -0.15) is 26.9 Å². The van der Waals surface area contributed by atoms with E-state index in [2.05, 4.69) is 25.0 Å². The van der Waals surface area contributed by atoms with Crippen LogP contribution in [-0.2, 0) is 22.3 Å². The number of rotatable bonds is 9. The number of H-pyrrole nitrogens is 1. The van der Waals surface area contributed by atoms with E-state index in [1.165, 1.54) is 16.4 Å². The Balaban J connectivity index is 1.25. The number of benzene rings is 1. The molecule has 2 N–H and O–H groups in total. The van der Waals surface area contributed by atoms with E-state index in [1.54, 1.807) is 4.90 Å². The first-order valence-corrected chi connectivity index (χ1v) is 16.3. The molecule has 3 heterocycles. The number of amides is 1. The van der Waals surface area contributed by atoms with Gasteiger partial charge in [0.1, 0.15) is 27.6 Å². The zero-order valence-electron chi connectivity index (χ0n) is 24.2. The SMILES string of the molecule is O=C(NCc1ccc(OC(F)F)c(F)c1)[C@H]1CN(c2nc3nc(C4CC4)[nH]c(=O)c3s2)CCN1S(=O)C1=CC=C(C(F)(F)F)C=CC1. The summed E-state index contributed by atoms with van der Waals surface area (Å²) in [7, 11) is -2.04. The molecule has 2 aliphatic carbocycles. The van der Waals surface area contributed by atoms with E-state index in [1.807, 2.05) is 0 Å². The first kappa shape index (κ1) is 32.9. The average Bonchev–Trinajstić information content (AvgIpc) is 3.83. The van der Waals surface area contributed by atoms with Crippen molar-refractivity contribution in [2.75, 3.05) is 24.5 Å². The number of fused-ring (bicyclic) bond motifs is 1. The van der Waals surface area contributed by atoms with Gasteiger partial charge in [0.2, 0.25) is 5.91 Å². The molecule has 0 radical (unpaired) electrons. The predicted octanol–water partition coefficient (Wildman–Crippen LogP) is 4.80. The van der Waals surface area contributed by atoms with Crippen LogP contribution in [0.15, 0.2) is 57.8 Å². The molecule has 10 nitrogen and oxygen atoms in total. The molecule has 2 atom stereocenters. The van der Waals surface area contributed by atoms with Gasteiger partial charge in [-0.1, -0.05) is 29.6 Å². The monoisotopic (exact) mass is 700 g/mol. The second-order valence-electron chi connectivity index (χ2n) is 10.9. The Morgan fingerprint density at radius 1 is 1.19 bits per heavy atom. The third-order valence-electron chi connectivity index (χ3n) is 7.65. The van der Waals surface area contributed by atoms with Crippen LogP contribution >= 0.6 is 11.3 Å². The number of hydrogen-bond donors (Lipinski definition) is 2. The fourth-order valence-corrected chi connectivity index (χ4v) is 7.41. The average molecular weight is 701 g/mol. The minimum Gasteiger partial charge on any atom is -0.432 e. The highest BCUT2D eigenvalue weighted by Crippen LogP contribution is 2.38. The van der Waals surface area contributed by atoms with Crippen molar-refractivity contribution in [1.29, 1.82) is 0 Å². The Morgan fingerprint density at radius 3 is 2.68 bits per heavy atom. The summed E-state index contributed by atoms with van der Waals surface area (Å²) in [5.74, 6) is -1.62. The maximum absolute atomic E-state index is 14.3. The molecule has 3 aromatic rings. The molecular weight excluding hydrogens is 674 g/mol. The second-order valence-corrected chi connectivity index (χ2v) is 13.4. The first-order valence-electron chi connectivity index (χ1n) is 14.4. The molecular formula is C29H26F6N6O4S2. The van der Waals surface area contributed by atoms with Gasteiger partial charge in [0.25, 0.3) is 5.56 Å². The number of nitrogens with one attached hydrogen (secondary N) is 2. The molecule has 1 amide bonds. The van der Waals surface area contributed by atoms with Crippen LogP contribution in [0.4, 0.5) is 31.5 Å². The first-order chi connectivity index (χ1) is 22.4. The van der Waals surface area contributed by atoms with E-state index in [-0.39, 0.29) is 60.2 Å². The lowest BCUT2D eigenvalue weighted by Crippen LogP contribution is -2.59. The number of piperazine rings is 1. The normalized spacial score (nSPS) is 19.8. The molecule has 2 aromatic heterocycles. The molecule has 2 fully saturated rings. The van der Waals surface area contributed by atoms with E-state index in [0.29, 0.717) is 15.7 Å². The Hall–Kier alpha value is -4.03. The Labute approximate surface area is 269 Å². The molecule has 0 spiro atoms. The van der Waals surface area contributed by atoms with Gasteiger partial charge in [0, 0.05) is 43.4 Å². The number of nitrogens with zero attached hydrogens (tertiary/aromatic N) is 4. The number of allylic oxidation sites excluding steroid dienone is 6. The van der Waals surface area contributed by atoms with Gasteiger partial charge in [-0.15, -0.1) is 0 Å². The number of alkyl halides is 5. The molecule has 3 aliphatic rings. The number of aromatic nitrogens is 3. The number of thiazole rings is 1. The highest BCUT2D eigenvalue weighted by Gasteiger charge is 2.38. The molecule has 47 heavy (non-hydrogen) atoms. The van der Waals surface area contributed by atoms with Crippen LogP contribution in [0.25, 0.3) is 10.3 Å². The topological polar surface area (TPSA) is 121 Å². The standard InChI is InChI=1S/C29H26F6N6O4S2/c30-19-12-15(4-9-21(19)45-27(31)32)13-36-25(42)20-14-40(28-39-24-22(46-28)26(43)38-23(37-24)16-5-6-16)10-11-41(20)47(44)18-3-1-2-17(7-8-18)29(33,34)35/h1-2,4,7-9,12,16,20,27H,3,5-6,10-11,13-14H2,(H,36,42)(H,37,38,43)/t20-,47?/m1/s1. The van der Waals surface area contributed by atoms with E-state index >= 15 is 0 Å². The molecule has 0 bridgehead atoms. The summed E-state index contributed by atoms with van der Waals surface area (Å²) in [5.41, 5.74) is -0.745. The van der Waals surface area contributed by atoms with Crippen LogP contribution in [0.3, 0.4) is 0 Å². The third-order valence-corrected chi connectivity index (χ3v) is 10.4. The smallest absolute Gasteiger partial charge is 0.416 e. The molecule has 1 aromatic carbocycles. The number of anilines is 1. The number of hydrogen-bond acceptors (Lipinski definition) is 8. The van der Waals surface area contributed by atoms with Gasteiger partial charge < -0.3 is 19.9 Å². The number of carbonyl (C=O) groups excluding carboxylic acids is 1. The minimum atomic E-state index is -4.60. The zero-order chi connectivity index (χ0) is 33.5. The second kappa shape index (κ2) is 13.2. The van der Waals surface area contributed by atoms with Crippen molar-refractivity contribution in [3.63, 3.8) is 0 Å². The summed E-state index contributed by atoms with van der Waals surface area (Å²) in [6, 6.07) is 2.09. The molecule has 1 unspecified atom stereocenters. The zero-order valence-corrected chi connectivity index (χ0v) is 25.9. The minimum absolute atomic E-state index is 0.0307. The van der Waals surface area contributed by atoms with Crippen LogP contribution in [0.5, 0.6) is 5.75 Å². The maximum atomic E-state index is 14.3. The Bertz CT molecular complexity index is 1870.